The van der Waals surface area contributed by atoms with Crippen LogP contribution in [0, 0.1) is 5.92 Å². The molecule has 2 heterocycles. The zero-order valence-electron chi connectivity index (χ0n) is 25.2. The van der Waals surface area contributed by atoms with E-state index in [0.717, 1.165) is 44.9 Å². The van der Waals surface area contributed by atoms with E-state index in [4.69, 9.17) is 13.7 Å². The first-order valence-electron chi connectivity index (χ1n) is 15.6. The van der Waals surface area contributed by atoms with E-state index in [-0.39, 0.29) is 29.9 Å². The summed E-state index contributed by atoms with van der Waals surface area (Å²) < 4.78 is 43.1. The summed E-state index contributed by atoms with van der Waals surface area (Å²) >= 11 is 3.28. The van der Waals surface area contributed by atoms with Crippen LogP contribution in [-0.4, -0.2) is 80.7 Å². The molecule has 1 aromatic rings. The van der Waals surface area contributed by atoms with Crippen molar-refractivity contribution in [3.05, 3.63) is 40.9 Å². The average molecular weight is 711 g/mol. The summed E-state index contributed by atoms with van der Waals surface area (Å²) in [5.41, 5.74) is -1.28. The summed E-state index contributed by atoms with van der Waals surface area (Å²) in [7, 11) is -2.99. The lowest BCUT2D eigenvalue weighted by atomic mass is 10.0. The van der Waals surface area contributed by atoms with Gasteiger partial charge in [0.1, 0.15) is 23.7 Å². The third kappa shape index (κ3) is 7.89. The number of halogens is 1. The molecule has 0 aromatic heterocycles. The first-order chi connectivity index (χ1) is 21.5. The maximum Gasteiger partial charge on any atom is 0.408 e. The van der Waals surface area contributed by atoms with Gasteiger partial charge in [-0.05, 0) is 75.6 Å². The van der Waals surface area contributed by atoms with E-state index in [2.05, 4.69) is 26.6 Å². The lowest BCUT2D eigenvalue weighted by Gasteiger charge is -2.29. The molecule has 5 rings (SSSR count). The Morgan fingerprint density at radius 3 is 2.44 bits per heavy atom. The van der Waals surface area contributed by atoms with Gasteiger partial charge in [0.05, 0.1) is 18.1 Å². The molecule has 0 bridgehead atoms. The summed E-state index contributed by atoms with van der Waals surface area (Å²) in [4.78, 5) is 54.9. The highest BCUT2D eigenvalue weighted by atomic mass is 79.9. The molecule has 3 fully saturated rings. The number of nitrogens with zero attached hydrogens (tertiary/aromatic N) is 1. The Balaban J connectivity index is 1.41. The Labute approximate surface area is 271 Å². The van der Waals surface area contributed by atoms with Gasteiger partial charge in [0.2, 0.25) is 11.8 Å². The van der Waals surface area contributed by atoms with Gasteiger partial charge in [0.25, 0.3) is 10.1 Å². The van der Waals surface area contributed by atoms with Gasteiger partial charge in [-0.3, -0.25) is 13.8 Å². The Morgan fingerprint density at radius 1 is 1.02 bits per heavy atom. The van der Waals surface area contributed by atoms with E-state index in [1.54, 1.807) is 12.1 Å². The summed E-state index contributed by atoms with van der Waals surface area (Å²) in [6.45, 7) is -0.211. The van der Waals surface area contributed by atoms with E-state index >= 15 is 0 Å². The number of allylic oxidation sites excluding steroid dienone is 1. The number of nitrogens with one attached hydrogen (secondary N) is 2. The number of alkyl carbamates (subject to hydrolysis) is 1. The third-order valence-electron chi connectivity index (χ3n) is 9.02. The molecule has 5 atom stereocenters. The standard InChI is InChI=1S/C31H40BrN3O9S/c1-42-29(38)31-18-20(31)9-5-3-2-4-6-12-25(33-30(39)43-22-10-7-8-11-22)28(37)35-19-23(17-26(35)27(36)34-31)44-45(40,41)24-15-13-21(32)14-16-24/h5,9,13-16,20,22-23,25-26H,2-4,6-8,10-12,17-19H2,1H3,(H,33,39)(H,34,36)/b9-5-/t20-,23-,25-,26?,31+/m0/s1. The molecule has 1 aromatic carbocycles. The lowest BCUT2D eigenvalue weighted by molar-refractivity contribution is -0.148. The minimum absolute atomic E-state index is 0.0719. The van der Waals surface area contributed by atoms with Gasteiger partial charge in [0, 0.05) is 23.4 Å². The molecule has 1 saturated heterocycles. The van der Waals surface area contributed by atoms with Crippen LogP contribution in [0.15, 0.2) is 45.8 Å². The molecule has 0 spiro atoms. The zero-order valence-corrected chi connectivity index (χ0v) is 27.6. The number of methoxy groups -OCH3 is 1. The number of fused-ring (bicyclic) bond motifs is 2. The van der Waals surface area contributed by atoms with Crippen molar-refractivity contribution in [3.8, 4) is 0 Å². The van der Waals surface area contributed by atoms with Crippen LogP contribution in [0.2, 0.25) is 0 Å². The first kappa shape index (κ1) is 33.4. The number of rotatable bonds is 6. The Kier molecular flexibility index (Phi) is 10.5. The van der Waals surface area contributed by atoms with Gasteiger partial charge in [-0.25, -0.2) is 9.59 Å². The van der Waals surface area contributed by atoms with Crippen molar-refractivity contribution < 1.29 is 41.3 Å². The second-order valence-electron chi connectivity index (χ2n) is 12.2. The van der Waals surface area contributed by atoms with Crippen molar-refractivity contribution in [2.45, 2.75) is 105 Å². The van der Waals surface area contributed by atoms with Crippen LogP contribution in [0.25, 0.3) is 0 Å². The van der Waals surface area contributed by atoms with Crippen molar-refractivity contribution in [2.24, 2.45) is 5.92 Å². The van der Waals surface area contributed by atoms with Gasteiger partial charge in [0.15, 0.2) is 0 Å². The van der Waals surface area contributed by atoms with Crippen LogP contribution in [0.1, 0.15) is 70.6 Å². The van der Waals surface area contributed by atoms with Crippen LogP contribution >= 0.6 is 15.9 Å². The van der Waals surface area contributed by atoms with E-state index in [0.29, 0.717) is 23.7 Å². The SMILES string of the molecule is COC(=O)[C@@]12C[C@@H]1/C=C\CCCCC[C@H](NC(=O)OC1CCCC1)C(=O)N1C[C@@H](OS(=O)(=O)c3ccc(Br)cc3)CC1C(=O)N2. The molecule has 2 saturated carbocycles. The maximum absolute atomic E-state index is 14.1. The molecule has 45 heavy (non-hydrogen) atoms. The molecular formula is C31H40BrN3O9S. The fourth-order valence-corrected chi connectivity index (χ4v) is 7.81. The second kappa shape index (κ2) is 14.2. The topological polar surface area (TPSA) is 157 Å². The van der Waals surface area contributed by atoms with E-state index in [1.165, 1.54) is 24.1 Å². The molecule has 4 aliphatic rings. The molecule has 1 unspecified atom stereocenters. The number of esters is 1. The lowest BCUT2D eigenvalue weighted by Crippen LogP contribution is -2.56. The molecule has 246 valence electrons. The molecule has 2 aliphatic carbocycles. The third-order valence-corrected chi connectivity index (χ3v) is 10.9. The van der Waals surface area contributed by atoms with E-state index < -0.39 is 57.7 Å². The minimum Gasteiger partial charge on any atom is -0.467 e. The number of ether oxygens (including phenoxy) is 2. The van der Waals surface area contributed by atoms with Crippen molar-refractivity contribution in [3.63, 3.8) is 0 Å². The number of carbonyl (C=O) groups excluding carboxylic acids is 4. The van der Waals surface area contributed by atoms with Crippen LogP contribution in [-0.2, 0) is 38.2 Å². The number of hydrogen-bond donors (Lipinski definition) is 2. The second-order valence-corrected chi connectivity index (χ2v) is 14.7. The summed E-state index contributed by atoms with van der Waals surface area (Å²) in [6.07, 6.45) is 8.96. The quantitative estimate of drug-likeness (QED) is 0.255. The number of benzene rings is 1. The predicted octanol–water partition coefficient (Wildman–Crippen LogP) is 3.73. The van der Waals surface area contributed by atoms with Crippen molar-refractivity contribution >= 4 is 49.9 Å². The summed E-state index contributed by atoms with van der Waals surface area (Å²) in [6, 6.07) is 3.76. The van der Waals surface area contributed by atoms with Crippen molar-refractivity contribution in [2.75, 3.05) is 13.7 Å². The first-order valence-corrected chi connectivity index (χ1v) is 17.8. The summed E-state index contributed by atoms with van der Waals surface area (Å²) in [5, 5.41) is 5.55. The summed E-state index contributed by atoms with van der Waals surface area (Å²) in [5.74, 6) is -2.03. The fraction of sp³-hybridized carbons (Fsp3) is 0.613. The molecular weight excluding hydrogens is 670 g/mol. The molecule has 2 aliphatic heterocycles. The van der Waals surface area contributed by atoms with Gasteiger partial charge in [-0.1, -0.05) is 40.9 Å². The van der Waals surface area contributed by atoms with Gasteiger partial charge in [-0.2, -0.15) is 8.42 Å². The van der Waals surface area contributed by atoms with Gasteiger partial charge < -0.3 is 25.0 Å². The Bertz CT molecular complexity index is 1410. The number of carbonyl (C=O) groups is 4. The highest BCUT2D eigenvalue weighted by molar-refractivity contribution is 9.10. The smallest absolute Gasteiger partial charge is 0.408 e. The predicted molar refractivity (Wildman–Crippen MR) is 165 cm³/mol. The highest BCUT2D eigenvalue weighted by Gasteiger charge is 2.62. The Morgan fingerprint density at radius 2 is 1.73 bits per heavy atom. The molecule has 12 nitrogen and oxygen atoms in total. The molecule has 3 amide bonds. The normalized spacial score (nSPS) is 30.2. The van der Waals surface area contributed by atoms with E-state index in [9.17, 15) is 27.6 Å². The largest absolute Gasteiger partial charge is 0.467 e. The van der Waals surface area contributed by atoms with Gasteiger partial charge in [-0.15, -0.1) is 0 Å². The van der Waals surface area contributed by atoms with Crippen LogP contribution in [0.5, 0.6) is 0 Å². The van der Waals surface area contributed by atoms with Crippen molar-refractivity contribution in [1.29, 1.82) is 0 Å². The van der Waals surface area contributed by atoms with Gasteiger partial charge >= 0.3 is 12.1 Å². The number of amides is 3. The van der Waals surface area contributed by atoms with Crippen LogP contribution in [0.4, 0.5) is 4.79 Å². The fourth-order valence-electron chi connectivity index (χ4n) is 6.47. The highest BCUT2D eigenvalue weighted by Crippen LogP contribution is 2.46. The molecule has 0 radical (unpaired) electrons. The minimum atomic E-state index is -4.24. The van der Waals surface area contributed by atoms with E-state index in [1.807, 2.05) is 12.2 Å². The maximum atomic E-state index is 14.1. The average Bonchev–Trinajstić information content (AvgIpc) is 3.29. The zero-order chi connectivity index (χ0) is 32.2. The molecule has 14 heteroatoms. The molecule has 2 N–H and O–H groups in total. The Hall–Kier alpha value is -2.97. The van der Waals surface area contributed by atoms with Crippen LogP contribution < -0.4 is 10.6 Å². The van der Waals surface area contributed by atoms with Crippen molar-refractivity contribution in [1.82, 2.24) is 15.5 Å². The monoisotopic (exact) mass is 709 g/mol. The van der Waals surface area contributed by atoms with Crippen LogP contribution in [0.3, 0.4) is 0 Å². The number of hydrogen-bond acceptors (Lipinski definition) is 9.